The van der Waals surface area contributed by atoms with Crippen LogP contribution in [0.25, 0.3) is 0 Å². The second-order valence-corrected chi connectivity index (χ2v) is 8.60. The van der Waals surface area contributed by atoms with E-state index in [2.05, 4.69) is 26.6 Å². The van der Waals surface area contributed by atoms with Crippen LogP contribution in [-0.4, -0.2) is 30.2 Å². The van der Waals surface area contributed by atoms with Gasteiger partial charge in [-0.1, -0.05) is 23.7 Å². The Labute approximate surface area is 197 Å². The van der Waals surface area contributed by atoms with E-state index in [4.69, 9.17) is 11.6 Å². The van der Waals surface area contributed by atoms with E-state index in [1.165, 1.54) is 12.1 Å². The van der Waals surface area contributed by atoms with E-state index in [-0.39, 0.29) is 12.1 Å². The minimum atomic E-state index is -4.52. The maximum Gasteiger partial charge on any atom is 0.416 e. The smallest absolute Gasteiger partial charge is 0.353 e. The molecule has 0 spiro atoms. The number of anilines is 2. The highest BCUT2D eigenvalue weighted by molar-refractivity contribution is 6.31. The predicted molar refractivity (Wildman–Crippen MR) is 118 cm³/mol. The van der Waals surface area contributed by atoms with Crippen molar-refractivity contribution in [3.63, 3.8) is 0 Å². The number of nitrogens with one attached hydrogen (secondary N) is 5. The Morgan fingerprint density at radius 1 is 1.12 bits per heavy atom. The highest BCUT2D eigenvalue weighted by Gasteiger charge is 2.48. The van der Waals surface area contributed by atoms with Crippen molar-refractivity contribution >= 4 is 40.7 Å². The van der Waals surface area contributed by atoms with Gasteiger partial charge in [-0.15, -0.1) is 0 Å². The van der Waals surface area contributed by atoms with E-state index in [1.807, 2.05) is 0 Å². The van der Waals surface area contributed by atoms with Gasteiger partial charge in [-0.05, 0) is 42.8 Å². The SMILES string of the molecule is Cc1ccc(Cl)cc1NC(=O)C1CC(=O)NC2NC(Nc3cccc(C(F)(F)F)c3)NC(=O)C21. The number of fused-ring (bicyclic) bond motifs is 1. The zero-order valence-electron chi connectivity index (χ0n) is 17.8. The van der Waals surface area contributed by atoms with Crippen LogP contribution < -0.4 is 26.6 Å². The van der Waals surface area contributed by atoms with Gasteiger partial charge >= 0.3 is 6.18 Å². The predicted octanol–water partition coefficient (Wildman–Crippen LogP) is 2.80. The van der Waals surface area contributed by atoms with Crippen LogP contribution in [0.5, 0.6) is 0 Å². The summed E-state index contributed by atoms with van der Waals surface area (Å²) in [5, 5.41) is 14.1. The van der Waals surface area contributed by atoms with Crippen LogP contribution in [0.2, 0.25) is 5.02 Å². The number of piperidine rings is 1. The second-order valence-electron chi connectivity index (χ2n) is 8.16. The molecular weight excluding hydrogens is 475 g/mol. The first kappa shape index (κ1) is 23.8. The average molecular weight is 496 g/mol. The lowest BCUT2D eigenvalue weighted by molar-refractivity contribution is -0.144. The lowest BCUT2D eigenvalue weighted by Gasteiger charge is -2.43. The Balaban J connectivity index is 1.49. The first-order chi connectivity index (χ1) is 16.0. The summed E-state index contributed by atoms with van der Waals surface area (Å²) in [6, 6.07) is 9.46. The van der Waals surface area contributed by atoms with E-state index in [9.17, 15) is 27.6 Å². The largest absolute Gasteiger partial charge is 0.416 e. The van der Waals surface area contributed by atoms with Gasteiger partial charge in [0.15, 0.2) is 6.29 Å². The molecule has 5 N–H and O–H groups in total. The molecule has 0 bridgehead atoms. The van der Waals surface area contributed by atoms with Gasteiger partial charge in [0.2, 0.25) is 17.7 Å². The van der Waals surface area contributed by atoms with Gasteiger partial charge in [0.1, 0.15) is 0 Å². The van der Waals surface area contributed by atoms with Gasteiger partial charge in [0.05, 0.1) is 23.6 Å². The van der Waals surface area contributed by atoms with Crippen molar-refractivity contribution < 1.29 is 27.6 Å². The summed E-state index contributed by atoms with van der Waals surface area (Å²) >= 11 is 6.00. The van der Waals surface area contributed by atoms with Crippen molar-refractivity contribution in [1.82, 2.24) is 16.0 Å². The molecular formula is C22H21ClF3N5O3. The quantitative estimate of drug-likeness (QED) is 0.448. The van der Waals surface area contributed by atoms with Gasteiger partial charge in [-0.3, -0.25) is 19.7 Å². The molecule has 4 unspecified atom stereocenters. The van der Waals surface area contributed by atoms with E-state index in [0.29, 0.717) is 10.7 Å². The molecule has 4 rings (SSSR count). The monoisotopic (exact) mass is 495 g/mol. The second kappa shape index (κ2) is 9.15. The van der Waals surface area contributed by atoms with Crippen LogP contribution in [0.1, 0.15) is 17.5 Å². The number of benzene rings is 2. The third-order valence-corrected chi connectivity index (χ3v) is 5.98. The molecule has 2 aromatic carbocycles. The summed E-state index contributed by atoms with van der Waals surface area (Å²) in [5.41, 5.74) is 0.481. The van der Waals surface area contributed by atoms with Crippen molar-refractivity contribution in [2.75, 3.05) is 10.6 Å². The molecule has 12 heteroatoms. The number of hydrogen-bond acceptors (Lipinski definition) is 5. The summed E-state index contributed by atoms with van der Waals surface area (Å²) in [7, 11) is 0. The number of alkyl halides is 3. The normalized spacial score (nSPS) is 24.5. The molecule has 2 fully saturated rings. The Kier molecular flexibility index (Phi) is 6.41. The fraction of sp³-hybridized carbons (Fsp3) is 0.318. The van der Waals surface area contributed by atoms with Crippen LogP contribution in [-0.2, 0) is 20.6 Å². The minimum Gasteiger partial charge on any atom is -0.353 e. The number of aryl methyl sites for hydroxylation is 1. The van der Waals surface area contributed by atoms with Gasteiger partial charge in [0, 0.05) is 22.8 Å². The maximum absolute atomic E-state index is 13.0. The van der Waals surface area contributed by atoms with Crippen LogP contribution >= 0.6 is 11.6 Å². The summed E-state index contributed by atoms with van der Waals surface area (Å²) in [4.78, 5) is 38.2. The lowest BCUT2D eigenvalue weighted by Crippen LogP contribution is -2.72. The van der Waals surface area contributed by atoms with Gasteiger partial charge in [-0.25, -0.2) is 0 Å². The van der Waals surface area contributed by atoms with E-state index < -0.39 is 53.8 Å². The van der Waals surface area contributed by atoms with Gasteiger partial charge < -0.3 is 21.3 Å². The van der Waals surface area contributed by atoms with Crippen molar-refractivity contribution in [3.8, 4) is 0 Å². The third kappa shape index (κ3) is 5.10. The fourth-order valence-electron chi connectivity index (χ4n) is 4.06. The number of carbonyl (C=O) groups excluding carboxylic acids is 3. The lowest BCUT2D eigenvalue weighted by atomic mass is 9.81. The molecule has 2 saturated heterocycles. The molecule has 2 heterocycles. The summed E-state index contributed by atoms with van der Waals surface area (Å²) in [6.45, 7) is 1.78. The highest BCUT2D eigenvalue weighted by atomic mass is 35.5. The first-order valence-electron chi connectivity index (χ1n) is 10.4. The summed E-state index contributed by atoms with van der Waals surface area (Å²) in [5.74, 6) is -3.40. The van der Waals surface area contributed by atoms with Crippen LogP contribution in [0, 0.1) is 18.8 Å². The molecule has 3 amide bonds. The highest BCUT2D eigenvalue weighted by Crippen LogP contribution is 2.32. The first-order valence-corrected chi connectivity index (χ1v) is 10.8. The molecule has 0 saturated carbocycles. The molecule has 4 atom stereocenters. The summed E-state index contributed by atoms with van der Waals surface area (Å²) in [6.07, 6.45) is -6.61. The fourth-order valence-corrected chi connectivity index (χ4v) is 4.23. The number of hydrogen-bond donors (Lipinski definition) is 5. The molecule has 8 nitrogen and oxygen atoms in total. The van der Waals surface area contributed by atoms with Crippen molar-refractivity contribution in [3.05, 3.63) is 58.6 Å². The van der Waals surface area contributed by atoms with Gasteiger partial charge in [-0.2, -0.15) is 13.2 Å². The Hall–Kier alpha value is -3.31. The van der Waals surface area contributed by atoms with Gasteiger partial charge in [0.25, 0.3) is 0 Å². The van der Waals surface area contributed by atoms with E-state index in [1.54, 1.807) is 25.1 Å². The molecule has 0 radical (unpaired) electrons. The van der Waals surface area contributed by atoms with Crippen LogP contribution in [0.4, 0.5) is 24.5 Å². The molecule has 34 heavy (non-hydrogen) atoms. The number of amides is 3. The van der Waals surface area contributed by atoms with Crippen molar-refractivity contribution in [2.24, 2.45) is 11.8 Å². The zero-order chi connectivity index (χ0) is 24.6. The zero-order valence-corrected chi connectivity index (χ0v) is 18.6. The number of carbonyl (C=O) groups is 3. The van der Waals surface area contributed by atoms with Crippen molar-refractivity contribution in [2.45, 2.75) is 32.0 Å². The number of rotatable bonds is 4. The average Bonchev–Trinajstić information content (AvgIpc) is 2.75. The van der Waals surface area contributed by atoms with E-state index >= 15 is 0 Å². The molecule has 0 aliphatic carbocycles. The summed E-state index contributed by atoms with van der Waals surface area (Å²) < 4.78 is 39.0. The van der Waals surface area contributed by atoms with E-state index in [0.717, 1.165) is 17.7 Å². The Bertz CT molecular complexity index is 1140. The molecule has 180 valence electrons. The third-order valence-electron chi connectivity index (χ3n) is 5.75. The Morgan fingerprint density at radius 3 is 2.62 bits per heavy atom. The minimum absolute atomic E-state index is 0.110. The Morgan fingerprint density at radius 2 is 1.88 bits per heavy atom. The van der Waals surface area contributed by atoms with Crippen molar-refractivity contribution in [1.29, 1.82) is 0 Å². The van der Waals surface area contributed by atoms with Crippen LogP contribution in [0.15, 0.2) is 42.5 Å². The van der Waals surface area contributed by atoms with Crippen LogP contribution in [0.3, 0.4) is 0 Å². The standard InChI is InChI=1S/C22H21ClF3N5O3/c1-10-5-6-12(23)8-15(10)28-19(33)14-9-16(32)29-18-17(14)20(34)31-21(30-18)27-13-4-2-3-11(7-13)22(24,25)26/h2-8,14,17-18,21,27,30H,9H2,1H3,(H,28,33)(H,29,32)(H,31,34). The number of halogens is 4. The molecule has 2 aliphatic heterocycles. The topological polar surface area (TPSA) is 111 Å². The molecule has 0 aromatic heterocycles. The molecule has 2 aliphatic rings. The molecule has 2 aromatic rings. The maximum atomic E-state index is 13.0.